The summed E-state index contributed by atoms with van der Waals surface area (Å²) in [6, 6.07) is 0.247. The molecule has 24 heavy (non-hydrogen) atoms. The van der Waals surface area contributed by atoms with E-state index in [1.54, 1.807) is 0 Å². The number of aromatic nitrogens is 2. The maximum atomic E-state index is 13.3. The predicted octanol–water partition coefficient (Wildman–Crippen LogP) is 2.01. The largest absolute Gasteiger partial charge is 0.406 e. The molecule has 1 atom stereocenters. The first-order chi connectivity index (χ1) is 11.2. The third kappa shape index (κ3) is 2.83. The van der Waals surface area contributed by atoms with E-state index in [1.807, 2.05) is 0 Å². The van der Waals surface area contributed by atoms with Crippen molar-refractivity contribution < 1.29 is 26.7 Å². The fraction of sp³-hybridized carbons (Fsp3) is 0.357. The number of likely N-dealkylation sites (tertiary alicyclic amines) is 1. The van der Waals surface area contributed by atoms with Gasteiger partial charge in [-0.2, -0.15) is 13.2 Å². The normalized spacial score (nSPS) is 18.6. The lowest BCUT2D eigenvalue weighted by atomic mass is 10.2. The topological polar surface area (TPSA) is 55.2 Å². The van der Waals surface area contributed by atoms with Gasteiger partial charge in [0.05, 0.1) is 17.2 Å². The maximum absolute atomic E-state index is 13.3. The van der Waals surface area contributed by atoms with Crippen LogP contribution in [0.5, 0.6) is 0 Å². The Labute approximate surface area is 131 Å². The number of hydrogen-bond acceptors (Lipinski definition) is 3. The lowest BCUT2D eigenvalue weighted by Gasteiger charge is -2.19. The molecular formula is C14H10F5N3O2. The smallest absolute Gasteiger partial charge is 0.332 e. The molecule has 2 heterocycles. The summed E-state index contributed by atoms with van der Waals surface area (Å²) < 4.78 is 64.6. The zero-order valence-corrected chi connectivity index (χ0v) is 12.0. The molecule has 0 saturated carbocycles. The zero-order valence-electron chi connectivity index (χ0n) is 12.0. The molecule has 128 valence electrons. The zero-order chi connectivity index (χ0) is 17.6. The highest BCUT2D eigenvalue weighted by Crippen LogP contribution is 2.26. The molecule has 0 spiro atoms. The summed E-state index contributed by atoms with van der Waals surface area (Å²) in [4.78, 5) is 28.8. The van der Waals surface area contributed by atoms with E-state index in [0.29, 0.717) is 11.0 Å². The molecule has 0 aliphatic carbocycles. The van der Waals surface area contributed by atoms with Gasteiger partial charge in [-0.25, -0.2) is 13.8 Å². The van der Waals surface area contributed by atoms with E-state index in [0.717, 1.165) is 17.0 Å². The van der Waals surface area contributed by atoms with E-state index in [9.17, 15) is 31.5 Å². The number of carbonyl (C=O) groups excluding carboxylic acids is 1. The molecule has 1 aliphatic rings. The van der Waals surface area contributed by atoms with Gasteiger partial charge in [-0.05, 0) is 12.5 Å². The van der Waals surface area contributed by atoms with Crippen LogP contribution in [0, 0.1) is 11.6 Å². The molecule has 1 amide bonds. The average molecular weight is 347 g/mol. The summed E-state index contributed by atoms with van der Waals surface area (Å²) in [5.74, 6) is -3.30. The minimum Gasteiger partial charge on any atom is -0.332 e. The summed E-state index contributed by atoms with van der Waals surface area (Å²) in [5.41, 5.74) is -0.918. The number of nitrogens with zero attached hydrogens (tertiary/aromatic N) is 3. The third-order valence-corrected chi connectivity index (χ3v) is 3.80. The van der Waals surface area contributed by atoms with Crippen molar-refractivity contribution in [2.24, 2.45) is 0 Å². The maximum Gasteiger partial charge on any atom is 0.406 e. The Kier molecular flexibility index (Phi) is 3.77. The molecule has 1 unspecified atom stereocenters. The quantitative estimate of drug-likeness (QED) is 0.781. The van der Waals surface area contributed by atoms with Crippen LogP contribution >= 0.6 is 0 Å². The average Bonchev–Trinajstić information content (AvgIpc) is 2.81. The second-order valence-electron chi connectivity index (χ2n) is 5.42. The first kappa shape index (κ1) is 16.3. The number of fused-ring (bicyclic) bond motifs is 1. The summed E-state index contributed by atoms with van der Waals surface area (Å²) >= 11 is 0. The van der Waals surface area contributed by atoms with Gasteiger partial charge in [0.2, 0.25) is 5.91 Å². The Morgan fingerprint density at radius 1 is 1.17 bits per heavy atom. The fourth-order valence-electron chi connectivity index (χ4n) is 2.71. The molecule has 3 rings (SSSR count). The van der Waals surface area contributed by atoms with Gasteiger partial charge in [0, 0.05) is 12.6 Å². The first-order valence-electron chi connectivity index (χ1n) is 6.89. The highest BCUT2D eigenvalue weighted by atomic mass is 19.4. The highest BCUT2D eigenvalue weighted by molar-refractivity contribution is 5.83. The molecule has 1 aromatic carbocycles. The predicted molar refractivity (Wildman–Crippen MR) is 72.2 cm³/mol. The van der Waals surface area contributed by atoms with E-state index in [2.05, 4.69) is 4.98 Å². The Bertz CT molecular complexity index is 877. The summed E-state index contributed by atoms with van der Waals surface area (Å²) in [6.45, 7) is -1.57. The van der Waals surface area contributed by atoms with Crippen molar-refractivity contribution >= 4 is 16.8 Å². The van der Waals surface area contributed by atoms with Gasteiger partial charge in [0.1, 0.15) is 12.6 Å². The second kappa shape index (κ2) is 5.53. The van der Waals surface area contributed by atoms with Gasteiger partial charge >= 0.3 is 6.18 Å². The molecule has 0 radical (unpaired) electrons. The van der Waals surface area contributed by atoms with Crippen molar-refractivity contribution in [2.75, 3.05) is 13.1 Å². The molecular weight excluding hydrogens is 337 g/mol. The van der Waals surface area contributed by atoms with E-state index >= 15 is 0 Å². The van der Waals surface area contributed by atoms with Crippen LogP contribution in [0.2, 0.25) is 0 Å². The van der Waals surface area contributed by atoms with E-state index in [4.69, 9.17) is 0 Å². The van der Waals surface area contributed by atoms with Crippen LogP contribution in [0.25, 0.3) is 10.9 Å². The SMILES string of the molecule is O=C1C(n2cnc3cc(F)c(F)cc3c2=O)CCN1CC(F)(F)F. The number of halogens is 5. The van der Waals surface area contributed by atoms with Gasteiger partial charge in [-0.15, -0.1) is 0 Å². The Hall–Kier alpha value is -2.52. The van der Waals surface area contributed by atoms with Crippen molar-refractivity contribution in [1.29, 1.82) is 0 Å². The standard InChI is InChI=1S/C14H10F5N3O2/c15-8-3-7-10(4-9(8)16)20-6-22(12(7)23)11-1-2-21(13(11)24)5-14(17,18)19/h3-4,6,11H,1-2,5H2. The van der Waals surface area contributed by atoms with Crippen LogP contribution in [0.3, 0.4) is 0 Å². The van der Waals surface area contributed by atoms with Gasteiger partial charge in [0.25, 0.3) is 5.56 Å². The minimum absolute atomic E-state index is 0.00825. The molecule has 2 aromatic rings. The van der Waals surface area contributed by atoms with Crippen molar-refractivity contribution in [3.05, 3.63) is 40.4 Å². The van der Waals surface area contributed by atoms with Gasteiger partial charge in [-0.3, -0.25) is 14.2 Å². The summed E-state index contributed by atoms with van der Waals surface area (Å²) in [6.07, 6.45) is -3.59. The van der Waals surface area contributed by atoms with Crippen LogP contribution < -0.4 is 5.56 Å². The van der Waals surface area contributed by atoms with Crippen molar-refractivity contribution in [3.63, 3.8) is 0 Å². The van der Waals surface area contributed by atoms with Gasteiger partial charge in [-0.1, -0.05) is 0 Å². The molecule has 5 nitrogen and oxygen atoms in total. The van der Waals surface area contributed by atoms with Crippen LogP contribution in [-0.2, 0) is 4.79 Å². The third-order valence-electron chi connectivity index (χ3n) is 3.80. The number of amides is 1. The van der Waals surface area contributed by atoms with E-state index in [-0.39, 0.29) is 23.9 Å². The Balaban J connectivity index is 1.99. The number of alkyl halides is 3. The second-order valence-corrected chi connectivity index (χ2v) is 5.42. The summed E-state index contributed by atoms with van der Waals surface area (Å²) in [7, 11) is 0. The van der Waals surface area contributed by atoms with Crippen LogP contribution in [0.15, 0.2) is 23.3 Å². The number of hydrogen-bond donors (Lipinski definition) is 0. The van der Waals surface area contributed by atoms with E-state index < -0.39 is 41.9 Å². The Morgan fingerprint density at radius 3 is 2.50 bits per heavy atom. The molecule has 1 aliphatic heterocycles. The van der Waals surface area contributed by atoms with Gasteiger partial charge in [0.15, 0.2) is 11.6 Å². The van der Waals surface area contributed by atoms with E-state index in [1.165, 1.54) is 0 Å². The number of benzene rings is 1. The minimum atomic E-state index is -4.54. The molecule has 1 fully saturated rings. The lowest BCUT2D eigenvalue weighted by molar-refractivity contribution is -0.158. The molecule has 1 saturated heterocycles. The van der Waals surface area contributed by atoms with Crippen LogP contribution in [0.4, 0.5) is 22.0 Å². The van der Waals surface area contributed by atoms with Crippen molar-refractivity contribution in [3.8, 4) is 0 Å². The highest BCUT2D eigenvalue weighted by Gasteiger charge is 2.40. The Morgan fingerprint density at radius 2 is 1.83 bits per heavy atom. The lowest BCUT2D eigenvalue weighted by Crippen LogP contribution is -2.38. The monoisotopic (exact) mass is 347 g/mol. The molecule has 0 N–H and O–H groups in total. The fourth-order valence-corrected chi connectivity index (χ4v) is 2.71. The first-order valence-corrected chi connectivity index (χ1v) is 6.89. The van der Waals surface area contributed by atoms with Crippen LogP contribution in [0.1, 0.15) is 12.5 Å². The molecule has 1 aromatic heterocycles. The molecule has 0 bridgehead atoms. The van der Waals surface area contributed by atoms with Gasteiger partial charge < -0.3 is 4.90 Å². The van der Waals surface area contributed by atoms with Crippen molar-refractivity contribution in [2.45, 2.75) is 18.6 Å². The van der Waals surface area contributed by atoms with Crippen molar-refractivity contribution in [1.82, 2.24) is 14.5 Å². The summed E-state index contributed by atoms with van der Waals surface area (Å²) in [5, 5.41) is -0.251. The van der Waals surface area contributed by atoms with Crippen LogP contribution in [-0.4, -0.2) is 39.6 Å². The number of rotatable bonds is 2. The number of carbonyl (C=O) groups is 1. The molecule has 10 heteroatoms.